The van der Waals surface area contributed by atoms with Crippen LogP contribution in [0.3, 0.4) is 0 Å². The molecule has 9 heteroatoms. The van der Waals surface area contributed by atoms with Gasteiger partial charge in [-0.25, -0.2) is 0 Å². The van der Waals surface area contributed by atoms with Crippen LogP contribution in [0.2, 0.25) is 0 Å². The molecule has 0 unspecified atom stereocenters. The summed E-state index contributed by atoms with van der Waals surface area (Å²) in [7, 11) is 0. The summed E-state index contributed by atoms with van der Waals surface area (Å²) in [5.41, 5.74) is 0. The number of aromatic nitrogens is 5. The van der Waals surface area contributed by atoms with Crippen LogP contribution in [-0.4, -0.2) is 24.9 Å². The fourth-order valence-electron chi connectivity index (χ4n) is 3.71. The molecule has 4 heterocycles. The van der Waals surface area contributed by atoms with E-state index in [1.165, 1.54) is 19.3 Å². The van der Waals surface area contributed by atoms with E-state index in [1.807, 2.05) is 29.6 Å². The molecule has 0 saturated heterocycles. The molecule has 1 aliphatic carbocycles. The van der Waals surface area contributed by atoms with E-state index in [-0.39, 0.29) is 5.25 Å². The molecule has 0 spiro atoms. The van der Waals surface area contributed by atoms with Crippen molar-refractivity contribution in [2.45, 2.75) is 55.5 Å². The largest absolute Gasteiger partial charge is 0.461 e. The molecule has 5 rings (SSSR count). The summed E-state index contributed by atoms with van der Waals surface area (Å²) < 4.78 is 13.4. The smallest absolute Gasteiger partial charge is 0.240 e. The molecule has 29 heavy (non-hydrogen) atoms. The quantitative estimate of drug-likeness (QED) is 0.349. The first-order chi connectivity index (χ1) is 14.3. The fourth-order valence-corrected chi connectivity index (χ4v) is 5.31. The van der Waals surface area contributed by atoms with Crippen LogP contribution in [0.25, 0.3) is 22.3 Å². The lowest BCUT2D eigenvalue weighted by molar-refractivity contribution is 0.337. The zero-order valence-corrected chi connectivity index (χ0v) is 17.7. The van der Waals surface area contributed by atoms with Crippen LogP contribution in [0, 0.1) is 0 Å². The van der Waals surface area contributed by atoms with Crippen LogP contribution in [0.5, 0.6) is 0 Å². The first kappa shape index (κ1) is 18.6. The van der Waals surface area contributed by atoms with E-state index < -0.39 is 0 Å². The zero-order chi connectivity index (χ0) is 19.6. The predicted octanol–water partition coefficient (Wildman–Crippen LogP) is 6.01. The highest BCUT2D eigenvalue weighted by atomic mass is 32.2. The van der Waals surface area contributed by atoms with Gasteiger partial charge in [0.1, 0.15) is 0 Å². The normalized spacial score (nSPS) is 16.3. The molecule has 0 amide bonds. The second-order valence-electron chi connectivity index (χ2n) is 7.14. The van der Waals surface area contributed by atoms with Crippen molar-refractivity contribution in [2.75, 3.05) is 0 Å². The monoisotopic (exact) mass is 427 g/mol. The maximum absolute atomic E-state index is 5.63. The van der Waals surface area contributed by atoms with Crippen molar-refractivity contribution in [1.82, 2.24) is 24.9 Å². The second kappa shape index (κ2) is 8.16. The van der Waals surface area contributed by atoms with Crippen molar-refractivity contribution in [2.24, 2.45) is 0 Å². The summed E-state index contributed by atoms with van der Waals surface area (Å²) in [5.74, 6) is 2.77. The van der Waals surface area contributed by atoms with E-state index in [9.17, 15) is 0 Å². The number of thiophene rings is 1. The van der Waals surface area contributed by atoms with Gasteiger partial charge in [-0.1, -0.05) is 42.2 Å². The van der Waals surface area contributed by atoms with Crippen molar-refractivity contribution in [3.8, 4) is 22.3 Å². The van der Waals surface area contributed by atoms with Gasteiger partial charge in [0, 0.05) is 6.04 Å². The molecule has 1 aliphatic rings. The maximum Gasteiger partial charge on any atom is 0.240 e. The van der Waals surface area contributed by atoms with Gasteiger partial charge in [-0.3, -0.25) is 4.57 Å². The molecule has 0 aliphatic heterocycles. The Morgan fingerprint density at radius 2 is 2.07 bits per heavy atom. The Balaban J connectivity index is 1.43. The second-order valence-corrected chi connectivity index (χ2v) is 9.39. The molecule has 1 saturated carbocycles. The molecule has 1 atom stereocenters. The van der Waals surface area contributed by atoms with Crippen molar-refractivity contribution in [3.63, 3.8) is 0 Å². The van der Waals surface area contributed by atoms with Crippen molar-refractivity contribution < 1.29 is 8.94 Å². The first-order valence-corrected chi connectivity index (χ1v) is 11.6. The van der Waals surface area contributed by atoms with Gasteiger partial charge in [-0.05, 0) is 43.3 Å². The first-order valence-electron chi connectivity index (χ1n) is 9.82. The van der Waals surface area contributed by atoms with E-state index >= 15 is 0 Å². The lowest BCUT2D eigenvalue weighted by Crippen LogP contribution is -2.15. The highest BCUT2D eigenvalue weighted by Gasteiger charge is 2.27. The van der Waals surface area contributed by atoms with Gasteiger partial charge in [-0.15, -0.1) is 21.5 Å². The third-order valence-corrected chi connectivity index (χ3v) is 7.07. The van der Waals surface area contributed by atoms with E-state index in [4.69, 9.17) is 8.94 Å². The maximum atomic E-state index is 5.63. The summed E-state index contributed by atoms with van der Waals surface area (Å²) >= 11 is 3.20. The third-order valence-electron chi connectivity index (χ3n) is 5.16. The average Bonchev–Trinajstić information content (AvgIpc) is 3.55. The summed E-state index contributed by atoms with van der Waals surface area (Å²) in [4.78, 5) is 5.59. The molecule has 1 fully saturated rings. The molecular formula is C20H21N5O2S2. The van der Waals surface area contributed by atoms with Crippen LogP contribution in [0.15, 0.2) is 50.0 Å². The van der Waals surface area contributed by atoms with Gasteiger partial charge in [0.15, 0.2) is 10.9 Å². The van der Waals surface area contributed by atoms with Crippen molar-refractivity contribution in [1.29, 1.82) is 0 Å². The van der Waals surface area contributed by atoms with Gasteiger partial charge in [0.05, 0.1) is 16.4 Å². The lowest BCUT2D eigenvalue weighted by Gasteiger charge is -2.25. The summed E-state index contributed by atoms with van der Waals surface area (Å²) in [6.45, 7) is 2.06. The molecule has 0 radical (unpaired) electrons. The molecular weight excluding hydrogens is 406 g/mol. The van der Waals surface area contributed by atoms with E-state index in [1.54, 1.807) is 29.4 Å². The van der Waals surface area contributed by atoms with Gasteiger partial charge in [-0.2, -0.15) is 4.98 Å². The lowest BCUT2D eigenvalue weighted by atomic mass is 9.95. The Kier molecular flexibility index (Phi) is 5.24. The number of rotatable bonds is 6. The molecule has 0 aromatic carbocycles. The minimum atomic E-state index is -0.0350. The van der Waals surface area contributed by atoms with Gasteiger partial charge in [0.2, 0.25) is 17.5 Å². The Hall–Kier alpha value is -2.39. The van der Waals surface area contributed by atoms with Gasteiger partial charge in [0.25, 0.3) is 0 Å². The van der Waals surface area contributed by atoms with E-state index in [0.717, 1.165) is 34.5 Å². The topological polar surface area (TPSA) is 82.8 Å². The van der Waals surface area contributed by atoms with Crippen LogP contribution in [0.1, 0.15) is 56.2 Å². The average molecular weight is 428 g/mol. The molecule has 0 N–H and O–H groups in total. The van der Waals surface area contributed by atoms with Gasteiger partial charge < -0.3 is 8.94 Å². The van der Waals surface area contributed by atoms with Crippen LogP contribution in [-0.2, 0) is 0 Å². The summed E-state index contributed by atoms with van der Waals surface area (Å²) in [6.07, 6.45) is 7.70. The third kappa shape index (κ3) is 3.76. The Labute approximate surface area is 176 Å². The molecule has 150 valence electrons. The molecule has 4 aromatic rings. The minimum Gasteiger partial charge on any atom is -0.461 e. The minimum absolute atomic E-state index is 0.0350. The number of nitrogens with zero attached hydrogens (tertiary/aromatic N) is 5. The van der Waals surface area contributed by atoms with Crippen LogP contribution < -0.4 is 0 Å². The molecule has 0 bridgehead atoms. The zero-order valence-electron chi connectivity index (χ0n) is 16.0. The SMILES string of the molecule is C[C@H](Sc1nnc(-c2ccco2)n1C1CCCCC1)c1nc(-c2cccs2)no1. The molecule has 7 nitrogen and oxygen atoms in total. The Morgan fingerprint density at radius 3 is 2.83 bits per heavy atom. The number of hydrogen-bond acceptors (Lipinski definition) is 8. The van der Waals surface area contributed by atoms with E-state index in [2.05, 4.69) is 31.8 Å². The van der Waals surface area contributed by atoms with Gasteiger partial charge >= 0.3 is 0 Å². The van der Waals surface area contributed by atoms with Crippen LogP contribution in [0.4, 0.5) is 0 Å². The number of thioether (sulfide) groups is 1. The fraction of sp³-hybridized carbons (Fsp3) is 0.400. The van der Waals surface area contributed by atoms with Crippen molar-refractivity contribution in [3.05, 3.63) is 41.8 Å². The summed E-state index contributed by atoms with van der Waals surface area (Å²) in [5, 5.41) is 15.9. The highest BCUT2D eigenvalue weighted by molar-refractivity contribution is 7.99. The summed E-state index contributed by atoms with van der Waals surface area (Å²) in [6, 6.07) is 8.18. The number of hydrogen-bond donors (Lipinski definition) is 0. The Bertz CT molecular complexity index is 1050. The molecule has 4 aromatic heterocycles. The van der Waals surface area contributed by atoms with Crippen LogP contribution >= 0.6 is 23.1 Å². The number of furan rings is 1. The van der Waals surface area contributed by atoms with Crippen molar-refractivity contribution >= 4 is 23.1 Å². The standard InChI is InChI=1S/C20H21N5O2S2/c1-13(19-21-17(24-27-19)16-10-6-12-28-16)29-20-23-22-18(15-9-5-11-26-15)25(20)14-7-3-2-4-8-14/h5-6,9-14H,2-4,7-8H2,1H3/t13-/m0/s1. The highest BCUT2D eigenvalue weighted by Crippen LogP contribution is 2.40. The predicted molar refractivity (Wildman–Crippen MR) is 112 cm³/mol. The Morgan fingerprint density at radius 1 is 1.17 bits per heavy atom. The van der Waals surface area contributed by atoms with E-state index in [0.29, 0.717) is 17.8 Å².